The fourth-order valence-corrected chi connectivity index (χ4v) is 3.00. The van der Waals surface area contributed by atoms with Crippen LogP contribution in [0.3, 0.4) is 0 Å². The number of amides is 1. The minimum absolute atomic E-state index is 0.186. The first kappa shape index (κ1) is 18.0. The molecule has 0 atom stereocenters. The fraction of sp³-hybridized carbons (Fsp3) is 0.400. The Balaban J connectivity index is 1.39. The van der Waals surface area contributed by atoms with Gasteiger partial charge in [-0.2, -0.15) is 0 Å². The van der Waals surface area contributed by atoms with E-state index in [0.29, 0.717) is 12.1 Å². The molecule has 6 heteroatoms. The van der Waals surface area contributed by atoms with Crippen LogP contribution >= 0.6 is 0 Å². The zero-order valence-corrected chi connectivity index (χ0v) is 14.8. The van der Waals surface area contributed by atoms with Crippen molar-refractivity contribution in [1.82, 2.24) is 0 Å². The summed E-state index contributed by atoms with van der Waals surface area (Å²) in [6.45, 7) is 1.88. The van der Waals surface area contributed by atoms with Gasteiger partial charge in [-0.25, -0.2) is 0 Å². The van der Waals surface area contributed by atoms with Crippen LogP contribution in [0.5, 0.6) is 0 Å². The number of hydrogen-bond donors (Lipinski definition) is 1. The SMILES string of the molecule is O=C(COC(=O)CCc1ccco1)Nc1ccc(N2CCCCC2)cc1. The third-order valence-electron chi connectivity index (χ3n) is 4.39. The summed E-state index contributed by atoms with van der Waals surface area (Å²) in [5.41, 5.74) is 1.87. The molecular formula is C20H24N2O4. The third kappa shape index (κ3) is 5.37. The molecule has 3 rings (SSSR count). The molecule has 1 aliphatic rings. The van der Waals surface area contributed by atoms with Crippen molar-refractivity contribution in [3.8, 4) is 0 Å². The van der Waals surface area contributed by atoms with Crippen LogP contribution in [0.4, 0.5) is 11.4 Å². The molecule has 1 aliphatic heterocycles. The maximum Gasteiger partial charge on any atom is 0.306 e. The number of carbonyl (C=O) groups excluding carboxylic acids is 2. The molecule has 0 bridgehead atoms. The van der Waals surface area contributed by atoms with E-state index < -0.39 is 5.97 Å². The fourth-order valence-electron chi connectivity index (χ4n) is 3.00. The molecular weight excluding hydrogens is 332 g/mol. The summed E-state index contributed by atoms with van der Waals surface area (Å²) in [6.07, 6.45) is 5.96. The monoisotopic (exact) mass is 356 g/mol. The normalized spacial score (nSPS) is 14.1. The number of nitrogens with zero attached hydrogens (tertiary/aromatic N) is 1. The van der Waals surface area contributed by atoms with Gasteiger partial charge < -0.3 is 19.4 Å². The Bertz CT molecular complexity index is 704. The highest BCUT2D eigenvalue weighted by Crippen LogP contribution is 2.21. The molecule has 1 N–H and O–H groups in total. The van der Waals surface area contributed by atoms with Gasteiger partial charge in [0.15, 0.2) is 6.61 Å². The average molecular weight is 356 g/mol. The summed E-state index contributed by atoms with van der Waals surface area (Å²) >= 11 is 0. The highest BCUT2D eigenvalue weighted by Gasteiger charge is 2.12. The van der Waals surface area contributed by atoms with Crippen molar-refractivity contribution >= 4 is 23.3 Å². The van der Waals surface area contributed by atoms with Gasteiger partial charge in [0, 0.05) is 30.9 Å². The van der Waals surface area contributed by atoms with Crippen LogP contribution in [0.15, 0.2) is 47.1 Å². The van der Waals surface area contributed by atoms with Crippen LogP contribution in [-0.2, 0) is 20.7 Å². The van der Waals surface area contributed by atoms with Gasteiger partial charge >= 0.3 is 5.97 Å². The van der Waals surface area contributed by atoms with E-state index in [1.807, 2.05) is 24.3 Å². The molecule has 26 heavy (non-hydrogen) atoms. The molecule has 1 saturated heterocycles. The molecule has 0 unspecified atom stereocenters. The van der Waals surface area contributed by atoms with Gasteiger partial charge in [-0.05, 0) is 55.7 Å². The van der Waals surface area contributed by atoms with Crippen LogP contribution in [0.1, 0.15) is 31.4 Å². The number of benzene rings is 1. The minimum atomic E-state index is -0.419. The molecule has 1 fully saturated rings. The summed E-state index contributed by atoms with van der Waals surface area (Å²) in [4.78, 5) is 25.9. The second kappa shape index (κ2) is 9.08. The molecule has 1 aromatic heterocycles. The molecule has 6 nitrogen and oxygen atoms in total. The zero-order chi connectivity index (χ0) is 18.2. The number of carbonyl (C=O) groups is 2. The van der Waals surface area contributed by atoms with Crippen molar-refractivity contribution in [3.63, 3.8) is 0 Å². The van der Waals surface area contributed by atoms with Gasteiger partial charge in [0.25, 0.3) is 5.91 Å². The number of nitrogens with one attached hydrogen (secondary N) is 1. The van der Waals surface area contributed by atoms with Gasteiger partial charge in [-0.1, -0.05) is 0 Å². The Morgan fingerprint density at radius 1 is 1.08 bits per heavy atom. The Morgan fingerprint density at radius 3 is 2.54 bits per heavy atom. The molecule has 0 saturated carbocycles. The maximum absolute atomic E-state index is 11.9. The number of furan rings is 1. The van der Waals surface area contributed by atoms with Gasteiger partial charge in [-0.15, -0.1) is 0 Å². The highest BCUT2D eigenvalue weighted by atomic mass is 16.5. The zero-order valence-electron chi connectivity index (χ0n) is 14.8. The first-order chi connectivity index (χ1) is 12.7. The van der Waals surface area contributed by atoms with E-state index in [2.05, 4.69) is 10.2 Å². The lowest BCUT2D eigenvalue weighted by Gasteiger charge is -2.28. The summed E-state index contributed by atoms with van der Waals surface area (Å²) < 4.78 is 10.1. The van der Waals surface area contributed by atoms with E-state index in [-0.39, 0.29) is 18.9 Å². The standard InChI is InChI=1S/C20H24N2O4/c23-19(15-26-20(24)11-10-18-5-4-14-25-18)21-16-6-8-17(9-7-16)22-12-2-1-3-13-22/h4-9,14H,1-3,10-13,15H2,(H,21,23). The molecule has 0 radical (unpaired) electrons. The average Bonchev–Trinajstić information content (AvgIpc) is 3.20. The maximum atomic E-state index is 11.9. The van der Waals surface area contributed by atoms with Crippen molar-refractivity contribution in [3.05, 3.63) is 48.4 Å². The van der Waals surface area contributed by atoms with Crippen LogP contribution in [-0.4, -0.2) is 31.6 Å². The van der Waals surface area contributed by atoms with E-state index >= 15 is 0 Å². The largest absolute Gasteiger partial charge is 0.469 e. The Morgan fingerprint density at radius 2 is 1.85 bits per heavy atom. The predicted molar refractivity (Wildman–Crippen MR) is 99.1 cm³/mol. The number of ether oxygens (including phenoxy) is 1. The second-order valence-electron chi connectivity index (χ2n) is 6.38. The lowest BCUT2D eigenvalue weighted by Crippen LogP contribution is -2.29. The number of hydrogen-bond acceptors (Lipinski definition) is 5. The highest BCUT2D eigenvalue weighted by molar-refractivity contribution is 5.92. The van der Waals surface area contributed by atoms with Crippen molar-refractivity contribution in [2.75, 3.05) is 29.9 Å². The van der Waals surface area contributed by atoms with E-state index in [1.54, 1.807) is 18.4 Å². The van der Waals surface area contributed by atoms with Crippen molar-refractivity contribution in [2.24, 2.45) is 0 Å². The van der Waals surface area contributed by atoms with Crippen LogP contribution in [0, 0.1) is 0 Å². The third-order valence-corrected chi connectivity index (χ3v) is 4.39. The van der Waals surface area contributed by atoms with Crippen LogP contribution in [0.25, 0.3) is 0 Å². The molecule has 0 spiro atoms. The van der Waals surface area contributed by atoms with E-state index in [1.165, 1.54) is 24.9 Å². The lowest BCUT2D eigenvalue weighted by molar-refractivity contribution is -0.147. The molecule has 1 aromatic carbocycles. The quantitative estimate of drug-likeness (QED) is 0.770. The number of rotatable bonds is 7. The minimum Gasteiger partial charge on any atom is -0.469 e. The number of esters is 1. The van der Waals surface area contributed by atoms with E-state index in [4.69, 9.17) is 9.15 Å². The molecule has 1 amide bonds. The first-order valence-corrected chi connectivity index (χ1v) is 9.03. The van der Waals surface area contributed by atoms with Crippen LogP contribution < -0.4 is 10.2 Å². The Hall–Kier alpha value is -2.76. The topological polar surface area (TPSA) is 71.8 Å². The molecule has 2 aromatic rings. The number of piperidine rings is 1. The van der Waals surface area contributed by atoms with Gasteiger partial charge in [0.05, 0.1) is 12.7 Å². The van der Waals surface area contributed by atoms with Gasteiger partial charge in [0.2, 0.25) is 0 Å². The van der Waals surface area contributed by atoms with Crippen molar-refractivity contribution in [2.45, 2.75) is 32.1 Å². The Kier molecular flexibility index (Phi) is 6.30. The van der Waals surface area contributed by atoms with Crippen molar-refractivity contribution in [1.29, 1.82) is 0 Å². The molecule has 0 aliphatic carbocycles. The summed E-state index contributed by atoms with van der Waals surface area (Å²) in [7, 11) is 0. The molecule has 138 valence electrons. The lowest BCUT2D eigenvalue weighted by atomic mass is 10.1. The molecule has 2 heterocycles. The van der Waals surface area contributed by atoms with E-state index in [9.17, 15) is 9.59 Å². The second-order valence-corrected chi connectivity index (χ2v) is 6.38. The van der Waals surface area contributed by atoms with Crippen molar-refractivity contribution < 1.29 is 18.7 Å². The van der Waals surface area contributed by atoms with E-state index in [0.717, 1.165) is 18.8 Å². The van der Waals surface area contributed by atoms with Gasteiger partial charge in [-0.3, -0.25) is 9.59 Å². The van der Waals surface area contributed by atoms with Crippen LogP contribution in [0.2, 0.25) is 0 Å². The van der Waals surface area contributed by atoms with Gasteiger partial charge in [0.1, 0.15) is 5.76 Å². The number of anilines is 2. The number of aryl methyl sites for hydroxylation is 1. The first-order valence-electron chi connectivity index (χ1n) is 9.03. The summed E-state index contributed by atoms with van der Waals surface area (Å²) in [5, 5.41) is 2.74. The summed E-state index contributed by atoms with van der Waals surface area (Å²) in [6, 6.07) is 11.3. The smallest absolute Gasteiger partial charge is 0.306 e. The Labute approximate surface area is 153 Å². The predicted octanol–water partition coefficient (Wildman–Crippen LogP) is 3.38. The summed E-state index contributed by atoms with van der Waals surface area (Å²) in [5.74, 6) is -0.0423.